The van der Waals surface area contributed by atoms with Crippen molar-refractivity contribution in [2.24, 2.45) is 7.05 Å². The lowest BCUT2D eigenvalue weighted by molar-refractivity contribution is -0.146. The zero-order valence-corrected chi connectivity index (χ0v) is 15.1. The van der Waals surface area contributed by atoms with E-state index in [0.29, 0.717) is 19.5 Å². The third-order valence-electron chi connectivity index (χ3n) is 5.25. The Morgan fingerprint density at radius 1 is 1.23 bits per heavy atom. The number of hydrogen-bond donors (Lipinski definition) is 0. The number of fused-ring (bicyclic) bond motifs is 1. The van der Waals surface area contributed by atoms with Crippen molar-refractivity contribution in [1.82, 2.24) is 19.7 Å². The molecule has 26 heavy (non-hydrogen) atoms. The van der Waals surface area contributed by atoms with Crippen LogP contribution in [0.15, 0.2) is 36.7 Å². The Labute approximate surface area is 151 Å². The Kier molecular flexibility index (Phi) is 3.86. The first-order chi connectivity index (χ1) is 12.6. The van der Waals surface area contributed by atoms with Crippen molar-refractivity contribution in [2.75, 3.05) is 25.1 Å². The molecule has 4 rings (SSSR count). The van der Waals surface area contributed by atoms with E-state index in [4.69, 9.17) is 4.74 Å². The number of hydrogen-bond acceptors (Lipinski definition) is 6. The number of carbonyl (C=O) groups is 1. The summed E-state index contributed by atoms with van der Waals surface area (Å²) >= 11 is 0. The van der Waals surface area contributed by atoms with Crippen molar-refractivity contribution in [1.29, 1.82) is 0 Å². The molecular formula is C19H21N5O2. The van der Waals surface area contributed by atoms with Crippen LogP contribution >= 0.6 is 0 Å². The highest BCUT2D eigenvalue weighted by atomic mass is 16.5. The molecular weight excluding hydrogens is 330 g/mol. The van der Waals surface area contributed by atoms with Crippen molar-refractivity contribution in [3.05, 3.63) is 47.9 Å². The van der Waals surface area contributed by atoms with E-state index < -0.39 is 5.41 Å². The smallest absolute Gasteiger partial charge is 0.318 e. The van der Waals surface area contributed by atoms with E-state index in [-0.39, 0.29) is 5.97 Å². The molecule has 1 aliphatic heterocycles. The van der Waals surface area contributed by atoms with Crippen LogP contribution in [0.3, 0.4) is 0 Å². The summed E-state index contributed by atoms with van der Waals surface area (Å²) in [6, 6.07) is 9.85. The molecule has 134 valence electrons. The van der Waals surface area contributed by atoms with Gasteiger partial charge in [0.1, 0.15) is 17.6 Å². The number of aromatic nitrogens is 4. The molecule has 0 bridgehead atoms. The fourth-order valence-corrected chi connectivity index (χ4v) is 3.96. The number of benzene rings is 1. The van der Waals surface area contributed by atoms with E-state index in [0.717, 1.165) is 28.1 Å². The first kappa shape index (κ1) is 16.5. The van der Waals surface area contributed by atoms with Crippen LogP contribution in [0.4, 0.5) is 5.82 Å². The van der Waals surface area contributed by atoms with Crippen molar-refractivity contribution in [3.63, 3.8) is 0 Å². The number of nitrogens with zero attached hydrogens (tertiary/aromatic N) is 5. The third kappa shape index (κ3) is 2.34. The van der Waals surface area contributed by atoms with Gasteiger partial charge in [-0.1, -0.05) is 30.3 Å². The predicted molar refractivity (Wildman–Crippen MR) is 98.0 cm³/mol. The summed E-state index contributed by atoms with van der Waals surface area (Å²) in [5.74, 6) is 0.613. The van der Waals surface area contributed by atoms with Crippen LogP contribution in [0.2, 0.25) is 0 Å². The Morgan fingerprint density at radius 2 is 2.00 bits per heavy atom. The van der Waals surface area contributed by atoms with Gasteiger partial charge in [0.15, 0.2) is 5.65 Å². The largest absolute Gasteiger partial charge is 0.468 e. The van der Waals surface area contributed by atoms with Gasteiger partial charge in [0, 0.05) is 20.1 Å². The minimum absolute atomic E-state index is 0.209. The average molecular weight is 351 g/mol. The summed E-state index contributed by atoms with van der Waals surface area (Å²) in [6.45, 7) is 3.19. The number of rotatable bonds is 3. The van der Waals surface area contributed by atoms with E-state index in [1.54, 1.807) is 11.0 Å². The summed E-state index contributed by atoms with van der Waals surface area (Å²) in [5, 5.41) is 5.40. The lowest BCUT2D eigenvalue weighted by Gasteiger charge is -2.27. The molecule has 0 saturated carbocycles. The molecule has 2 aromatic heterocycles. The predicted octanol–water partition coefficient (Wildman–Crippen LogP) is 1.99. The Bertz CT molecular complexity index is 969. The van der Waals surface area contributed by atoms with Gasteiger partial charge in [0.2, 0.25) is 0 Å². The highest BCUT2D eigenvalue weighted by Crippen LogP contribution is 2.39. The van der Waals surface area contributed by atoms with Gasteiger partial charge in [0.05, 0.1) is 18.2 Å². The second kappa shape index (κ2) is 6.09. The summed E-state index contributed by atoms with van der Waals surface area (Å²) < 4.78 is 6.94. The zero-order valence-electron chi connectivity index (χ0n) is 15.1. The van der Waals surface area contributed by atoms with Crippen LogP contribution in [-0.2, 0) is 22.0 Å². The number of ether oxygens (including phenoxy) is 1. The molecule has 0 unspecified atom stereocenters. The fourth-order valence-electron chi connectivity index (χ4n) is 3.96. The Balaban J connectivity index is 1.79. The van der Waals surface area contributed by atoms with E-state index in [2.05, 4.69) is 20.0 Å². The molecule has 3 aromatic rings. The molecule has 1 saturated heterocycles. The highest BCUT2D eigenvalue weighted by Gasteiger charge is 2.47. The van der Waals surface area contributed by atoms with Crippen LogP contribution in [0, 0.1) is 6.92 Å². The summed E-state index contributed by atoms with van der Waals surface area (Å²) in [5.41, 5.74) is 1.96. The second-order valence-electron chi connectivity index (χ2n) is 6.72. The number of aryl methyl sites for hydroxylation is 2. The SMILES string of the molecule is COC(=O)[C@]1(c2ccccc2)CCN(c2ncnc3c2c(C)nn3C)C1. The molecule has 7 heteroatoms. The van der Waals surface area contributed by atoms with Crippen LogP contribution in [-0.4, -0.2) is 45.9 Å². The van der Waals surface area contributed by atoms with Gasteiger partial charge >= 0.3 is 5.97 Å². The quantitative estimate of drug-likeness (QED) is 0.672. The number of methoxy groups -OCH3 is 1. The van der Waals surface area contributed by atoms with Crippen molar-refractivity contribution in [3.8, 4) is 0 Å². The van der Waals surface area contributed by atoms with Crippen molar-refractivity contribution >= 4 is 22.8 Å². The normalized spacial score (nSPS) is 19.9. The molecule has 1 aliphatic rings. The molecule has 0 spiro atoms. The van der Waals surface area contributed by atoms with Crippen LogP contribution in [0.25, 0.3) is 11.0 Å². The van der Waals surface area contributed by atoms with E-state index in [1.165, 1.54) is 7.11 Å². The number of esters is 1. The standard InChI is InChI=1S/C19H21N5O2/c1-13-15-16(23(2)22-13)20-12-21-17(15)24-10-9-19(11-24,18(25)26-3)14-7-5-4-6-8-14/h4-8,12H,9-11H2,1-3H3/t19-/m1/s1. The van der Waals surface area contributed by atoms with Gasteiger partial charge in [-0.25, -0.2) is 9.97 Å². The van der Waals surface area contributed by atoms with Gasteiger partial charge in [-0.15, -0.1) is 0 Å². The van der Waals surface area contributed by atoms with Crippen LogP contribution in [0.1, 0.15) is 17.7 Å². The average Bonchev–Trinajstić information content (AvgIpc) is 3.25. The lowest BCUT2D eigenvalue weighted by Crippen LogP contribution is -2.40. The minimum atomic E-state index is -0.691. The Hall–Kier alpha value is -2.96. The lowest BCUT2D eigenvalue weighted by atomic mass is 9.79. The van der Waals surface area contributed by atoms with Crippen LogP contribution < -0.4 is 4.90 Å². The third-order valence-corrected chi connectivity index (χ3v) is 5.25. The maximum Gasteiger partial charge on any atom is 0.318 e. The number of anilines is 1. The van der Waals surface area contributed by atoms with Crippen molar-refractivity contribution < 1.29 is 9.53 Å². The summed E-state index contributed by atoms with van der Waals surface area (Å²) in [7, 11) is 3.32. The molecule has 1 aromatic carbocycles. The van der Waals surface area contributed by atoms with Gasteiger partial charge in [-0.3, -0.25) is 9.48 Å². The first-order valence-corrected chi connectivity index (χ1v) is 8.60. The van der Waals surface area contributed by atoms with E-state index in [1.807, 2.05) is 44.3 Å². The first-order valence-electron chi connectivity index (χ1n) is 8.60. The van der Waals surface area contributed by atoms with E-state index >= 15 is 0 Å². The second-order valence-corrected chi connectivity index (χ2v) is 6.72. The molecule has 3 heterocycles. The molecule has 0 N–H and O–H groups in total. The maximum atomic E-state index is 12.7. The molecule has 0 aliphatic carbocycles. The summed E-state index contributed by atoms with van der Waals surface area (Å²) in [6.07, 6.45) is 2.23. The topological polar surface area (TPSA) is 73.1 Å². The maximum absolute atomic E-state index is 12.7. The molecule has 1 atom stereocenters. The molecule has 0 radical (unpaired) electrons. The number of carbonyl (C=O) groups excluding carboxylic acids is 1. The van der Waals surface area contributed by atoms with E-state index in [9.17, 15) is 4.79 Å². The monoisotopic (exact) mass is 351 g/mol. The van der Waals surface area contributed by atoms with Crippen LogP contribution in [0.5, 0.6) is 0 Å². The van der Waals surface area contributed by atoms with Gasteiger partial charge in [-0.2, -0.15) is 5.10 Å². The summed E-state index contributed by atoms with van der Waals surface area (Å²) in [4.78, 5) is 23.8. The van der Waals surface area contributed by atoms with Gasteiger partial charge < -0.3 is 9.64 Å². The molecule has 0 amide bonds. The Morgan fingerprint density at radius 3 is 2.73 bits per heavy atom. The zero-order chi connectivity index (χ0) is 18.3. The molecule has 7 nitrogen and oxygen atoms in total. The minimum Gasteiger partial charge on any atom is -0.468 e. The fraction of sp³-hybridized carbons (Fsp3) is 0.368. The van der Waals surface area contributed by atoms with Crippen molar-refractivity contribution in [2.45, 2.75) is 18.8 Å². The highest BCUT2D eigenvalue weighted by molar-refractivity contribution is 5.91. The van der Waals surface area contributed by atoms with Gasteiger partial charge in [0.25, 0.3) is 0 Å². The van der Waals surface area contributed by atoms with Gasteiger partial charge in [-0.05, 0) is 18.9 Å². The molecule has 1 fully saturated rings.